The monoisotopic (exact) mass is 188 g/mol. The van der Waals surface area contributed by atoms with Crippen molar-refractivity contribution in [1.29, 1.82) is 0 Å². The molecular weight excluding hydrogens is 172 g/mol. The summed E-state index contributed by atoms with van der Waals surface area (Å²) in [5, 5.41) is 11.2. The molecule has 0 bridgehead atoms. The minimum atomic E-state index is -0.926. The van der Waals surface area contributed by atoms with E-state index in [1.165, 1.54) is 0 Å². The molecule has 5 heteroatoms. The summed E-state index contributed by atoms with van der Waals surface area (Å²) in [4.78, 5) is 21.6. The van der Waals surface area contributed by atoms with E-state index in [-0.39, 0.29) is 12.3 Å². The van der Waals surface area contributed by atoms with Crippen LogP contribution >= 0.6 is 0 Å². The smallest absolute Gasteiger partial charge is 0.307 e. The Hall–Kier alpha value is -1.10. The van der Waals surface area contributed by atoms with E-state index in [1.807, 2.05) is 0 Å². The second kappa shape index (κ2) is 6.42. The number of carboxylic acid groups (broad SMARTS) is 1. The molecule has 1 atom stereocenters. The highest BCUT2D eigenvalue weighted by Crippen LogP contribution is 2.07. The van der Waals surface area contributed by atoms with Crippen LogP contribution in [-0.2, 0) is 9.59 Å². The number of nitrogens with one attached hydrogen (secondary N) is 1. The van der Waals surface area contributed by atoms with Crippen LogP contribution in [0, 0.1) is 5.92 Å². The minimum absolute atomic E-state index is 0.0336. The van der Waals surface area contributed by atoms with Crippen molar-refractivity contribution in [1.82, 2.24) is 5.32 Å². The Labute approximate surface area is 77.3 Å². The lowest BCUT2D eigenvalue weighted by molar-refractivity contribution is -0.144. The predicted molar refractivity (Wildman–Crippen MR) is 48.1 cm³/mol. The van der Waals surface area contributed by atoms with Crippen molar-refractivity contribution in [3.8, 4) is 0 Å². The van der Waals surface area contributed by atoms with E-state index < -0.39 is 11.9 Å². The number of hydrogen-bond acceptors (Lipinski definition) is 3. The molecular formula is C8H16N2O3. The summed E-state index contributed by atoms with van der Waals surface area (Å²) in [5.41, 5.74) is 5.17. The van der Waals surface area contributed by atoms with Crippen LogP contribution in [0.25, 0.3) is 0 Å². The minimum Gasteiger partial charge on any atom is -0.481 e. The molecule has 0 aromatic heterocycles. The average molecular weight is 188 g/mol. The second-order valence-corrected chi connectivity index (χ2v) is 2.79. The highest BCUT2D eigenvalue weighted by molar-refractivity contribution is 5.82. The number of aliphatic carboxylic acids is 1. The molecule has 4 N–H and O–H groups in total. The predicted octanol–water partition coefficient (Wildman–Crippen LogP) is -0.438. The molecule has 0 radical (unpaired) electrons. The summed E-state index contributed by atoms with van der Waals surface area (Å²) in [6.45, 7) is 2.51. The molecule has 0 aromatic carbocycles. The molecule has 0 aliphatic heterocycles. The maximum absolute atomic E-state index is 11.0. The third-order valence-electron chi connectivity index (χ3n) is 1.74. The van der Waals surface area contributed by atoms with Crippen LogP contribution in [-0.4, -0.2) is 30.1 Å². The Morgan fingerprint density at radius 2 is 2.15 bits per heavy atom. The number of nitrogens with two attached hydrogens (primary N) is 1. The number of rotatable bonds is 6. The van der Waals surface area contributed by atoms with Crippen molar-refractivity contribution >= 4 is 11.9 Å². The first-order valence-electron chi connectivity index (χ1n) is 4.31. The summed E-state index contributed by atoms with van der Waals surface area (Å²) < 4.78 is 0. The normalized spacial score (nSPS) is 12.2. The van der Waals surface area contributed by atoms with Gasteiger partial charge in [0.2, 0.25) is 5.91 Å². The largest absolute Gasteiger partial charge is 0.481 e. The van der Waals surface area contributed by atoms with E-state index in [9.17, 15) is 9.59 Å². The number of carbonyl (C=O) groups excluding carboxylic acids is 1. The lowest BCUT2D eigenvalue weighted by Gasteiger charge is -2.08. The number of amides is 1. The summed E-state index contributed by atoms with van der Waals surface area (Å²) in [6, 6.07) is 0. The molecule has 1 unspecified atom stereocenters. The molecule has 13 heavy (non-hydrogen) atoms. The molecule has 0 aromatic rings. The third-order valence-corrected chi connectivity index (χ3v) is 1.74. The van der Waals surface area contributed by atoms with Crippen LogP contribution in [0.3, 0.4) is 0 Å². The fourth-order valence-electron chi connectivity index (χ4n) is 0.914. The van der Waals surface area contributed by atoms with Crippen LogP contribution in [0.2, 0.25) is 0 Å². The molecule has 0 aliphatic rings. The van der Waals surface area contributed by atoms with Crippen LogP contribution in [0.4, 0.5) is 0 Å². The Morgan fingerprint density at radius 1 is 1.54 bits per heavy atom. The van der Waals surface area contributed by atoms with Gasteiger partial charge in [0, 0.05) is 19.5 Å². The lowest BCUT2D eigenvalue weighted by Crippen LogP contribution is -2.31. The van der Waals surface area contributed by atoms with Crippen LogP contribution in [0.15, 0.2) is 0 Å². The second-order valence-electron chi connectivity index (χ2n) is 2.79. The summed E-state index contributed by atoms with van der Waals surface area (Å²) in [7, 11) is 0. The maximum Gasteiger partial charge on any atom is 0.307 e. The molecule has 0 aliphatic carbocycles. The van der Waals surface area contributed by atoms with Crippen molar-refractivity contribution in [2.24, 2.45) is 11.7 Å². The van der Waals surface area contributed by atoms with E-state index in [1.54, 1.807) is 6.92 Å². The summed E-state index contributed by atoms with van der Waals surface area (Å²) in [5.74, 6) is -1.76. The zero-order chi connectivity index (χ0) is 10.3. The van der Waals surface area contributed by atoms with Gasteiger partial charge in [-0.15, -0.1) is 0 Å². The molecule has 1 amide bonds. The van der Waals surface area contributed by atoms with Gasteiger partial charge in [-0.1, -0.05) is 6.92 Å². The zero-order valence-corrected chi connectivity index (χ0v) is 7.75. The molecule has 0 saturated heterocycles. The van der Waals surface area contributed by atoms with Crippen LogP contribution in [0.5, 0.6) is 0 Å². The number of carbonyl (C=O) groups is 2. The van der Waals surface area contributed by atoms with Gasteiger partial charge in [-0.25, -0.2) is 0 Å². The quantitative estimate of drug-likeness (QED) is 0.527. The van der Waals surface area contributed by atoms with E-state index in [2.05, 4.69) is 5.32 Å². The molecule has 0 rings (SSSR count). The standard InChI is InChI=1S/C8H16N2O3/c1-2-6(8(12)13)5-7(11)10-4-3-9/h6H,2-5,9H2,1H3,(H,10,11)(H,12,13). The fourth-order valence-corrected chi connectivity index (χ4v) is 0.914. The first-order valence-corrected chi connectivity index (χ1v) is 4.31. The third kappa shape index (κ3) is 5.19. The van der Waals surface area contributed by atoms with E-state index in [4.69, 9.17) is 10.8 Å². The van der Waals surface area contributed by atoms with Gasteiger partial charge >= 0.3 is 5.97 Å². The van der Waals surface area contributed by atoms with Crippen molar-refractivity contribution in [2.45, 2.75) is 19.8 Å². The van der Waals surface area contributed by atoms with Gasteiger partial charge in [0.1, 0.15) is 0 Å². The van der Waals surface area contributed by atoms with Gasteiger partial charge in [-0.05, 0) is 6.42 Å². The topological polar surface area (TPSA) is 92.4 Å². The van der Waals surface area contributed by atoms with Crippen LogP contribution < -0.4 is 11.1 Å². The molecule has 0 saturated carbocycles. The SMILES string of the molecule is CCC(CC(=O)NCCN)C(=O)O. The van der Waals surface area contributed by atoms with Gasteiger partial charge < -0.3 is 16.2 Å². The van der Waals surface area contributed by atoms with Crippen molar-refractivity contribution in [3.05, 3.63) is 0 Å². The van der Waals surface area contributed by atoms with Gasteiger partial charge in [0.05, 0.1) is 5.92 Å². The van der Waals surface area contributed by atoms with E-state index >= 15 is 0 Å². The summed E-state index contributed by atoms with van der Waals surface area (Å²) >= 11 is 0. The maximum atomic E-state index is 11.0. The van der Waals surface area contributed by atoms with Crippen molar-refractivity contribution in [3.63, 3.8) is 0 Å². The van der Waals surface area contributed by atoms with Gasteiger partial charge in [0.25, 0.3) is 0 Å². The van der Waals surface area contributed by atoms with E-state index in [0.717, 1.165) is 0 Å². The van der Waals surface area contributed by atoms with Gasteiger partial charge in [-0.3, -0.25) is 9.59 Å². The molecule has 5 nitrogen and oxygen atoms in total. The first kappa shape index (κ1) is 11.9. The zero-order valence-electron chi connectivity index (χ0n) is 7.75. The summed E-state index contributed by atoms with van der Waals surface area (Å²) in [6.07, 6.45) is 0.497. The molecule has 0 heterocycles. The Balaban J connectivity index is 3.80. The average Bonchev–Trinajstić information content (AvgIpc) is 2.10. The highest BCUT2D eigenvalue weighted by atomic mass is 16.4. The number of carboxylic acids is 1. The highest BCUT2D eigenvalue weighted by Gasteiger charge is 2.18. The lowest BCUT2D eigenvalue weighted by atomic mass is 10.0. The van der Waals surface area contributed by atoms with Gasteiger partial charge in [-0.2, -0.15) is 0 Å². The van der Waals surface area contributed by atoms with Crippen molar-refractivity contribution in [2.75, 3.05) is 13.1 Å². The Bertz CT molecular complexity index is 182. The number of hydrogen-bond donors (Lipinski definition) is 3. The fraction of sp³-hybridized carbons (Fsp3) is 0.750. The van der Waals surface area contributed by atoms with Crippen molar-refractivity contribution < 1.29 is 14.7 Å². The Kier molecular flexibility index (Phi) is 5.88. The molecule has 0 fully saturated rings. The molecule has 0 spiro atoms. The first-order chi connectivity index (χ1) is 6.11. The van der Waals surface area contributed by atoms with Crippen LogP contribution in [0.1, 0.15) is 19.8 Å². The van der Waals surface area contributed by atoms with Gasteiger partial charge in [0.15, 0.2) is 0 Å². The van der Waals surface area contributed by atoms with E-state index in [0.29, 0.717) is 19.5 Å². The molecule has 76 valence electrons. The Morgan fingerprint density at radius 3 is 2.54 bits per heavy atom.